The molecule has 1 aromatic carbocycles. The van der Waals surface area contributed by atoms with Gasteiger partial charge in [0, 0.05) is 11.0 Å². The Labute approximate surface area is 109 Å². The Morgan fingerprint density at radius 1 is 1.39 bits per heavy atom. The number of hydrogen-bond acceptors (Lipinski definition) is 2. The van der Waals surface area contributed by atoms with E-state index < -0.39 is 35.1 Å². The lowest BCUT2D eigenvalue weighted by Crippen LogP contribution is -2.31. The highest BCUT2D eigenvalue weighted by Crippen LogP contribution is 2.32. The molecule has 1 unspecified atom stereocenters. The van der Waals surface area contributed by atoms with Crippen LogP contribution in [0.25, 0.3) is 0 Å². The van der Waals surface area contributed by atoms with Crippen LogP contribution in [-0.4, -0.2) is 23.5 Å². The number of benzene rings is 1. The van der Waals surface area contributed by atoms with Crippen LogP contribution in [0.2, 0.25) is 0 Å². The predicted molar refractivity (Wildman–Crippen MR) is 62.2 cm³/mol. The zero-order valence-electron chi connectivity index (χ0n) is 8.99. The molecule has 0 saturated carbocycles. The van der Waals surface area contributed by atoms with Crippen molar-refractivity contribution in [1.29, 1.82) is 0 Å². The van der Waals surface area contributed by atoms with E-state index in [1.807, 2.05) is 0 Å². The number of amides is 1. The molecule has 0 bridgehead atoms. The number of carboxylic acids is 1. The molecule has 96 valence electrons. The second kappa shape index (κ2) is 4.64. The predicted octanol–water partition coefficient (Wildman–Crippen LogP) is 2.16. The number of aliphatic carboxylic acids is 1. The van der Waals surface area contributed by atoms with E-state index in [1.54, 1.807) is 0 Å². The molecule has 1 aromatic rings. The van der Waals surface area contributed by atoms with Crippen LogP contribution in [0.3, 0.4) is 0 Å². The maximum atomic E-state index is 13.7. The van der Waals surface area contributed by atoms with E-state index in [-0.39, 0.29) is 17.4 Å². The summed E-state index contributed by atoms with van der Waals surface area (Å²) < 4.78 is 27.5. The van der Waals surface area contributed by atoms with E-state index in [1.165, 1.54) is 0 Å². The van der Waals surface area contributed by atoms with E-state index >= 15 is 0 Å². The van der Waals surface area contributed by atoms with Crippen LogP contribution in [0, 0.1) is 17.6 Å². The van der Waals surface area contributed by atoms with E-state index in [2.05, 4.69) is 15.9 Å². The van der Waals surface area contributed by atoms with E-state index in [4.69, 9.17) is 5.11 Å². The van der Waals surface area contributed by atoms with Crippen molar-refractivity contribution in [2.24, 2.45) is 5.92 Å². The molecular formula is C11H8BrF2NO3. The second-order valence-electron chi connectivity index (χ2n) is 3.89. The van der Waals surface area contributed by atoms with Gasteiger partial charge in [-0.05, 0) is 18.6 Å². The Kier molecular flexibility index (Phi) is 3.34. The lowest BCUT2D eigenvalue weighted by Gasteiger charge is -2.17. The van der Waals surface area contributed by atoms with Gasteiger partial charge in [0.15, 0.2) is 11.6 Å². The van der Waals surface area contributed by atoms with Gasteiger partial charge in [-0.2, -0.15) is 0 Å². The van der Waals surface area contributed by atoms with Crippen LogP contribution in [0.5, 0.6) is 0 Å². The quantitative estimate of drug-likeness (QED) is 0.850. The second-order valence-corrected chi connectivity index (χ2v) is 4.80. The number of carbonyl (C=O) groups excluding carboxylic acids is 1. The molecule has 18 heavy (non-hydrogen) atoms. The highest BCUT2D eigenvalue weighted by molar-refractivity contribution is 9.10. The van der Waals surface area contributed by atoms with E-state index in [9.17, 15) is 18.4 Å². The van der Waals surface area contributed by atoms with Crippen LogP contribution in [0.4, 0.5) is 14.5 Å². The fourth-order valence-electron chi connectivity index (χ4n) is 1.92. The Bertz CT molecular complexity index is 512. The monoisotopic (exact) mass is 319 g/mol. The molecule has 1 aliphatic heterocycles. The van der Waals surface area contributed by atoms with Gasteiger partial charge in [-0.1, -0.05) is 15.9 Å². The smallest absolute Gasteiger partial charge is 0.316 e. The van der Waals surface area contributed by atoms with Crippen LogP contribution in [0.15, 0.2) is 16.6 Å². The Hall–Kier alpha value is -1.50. The summed E-state index contributed by atoms with van der Waals surface area (Å²) >= 11 is 2.93. The molecule has 0 spiro atoms. The normalized spacial score (nSPS) is 19.4. The third-order valence-corrected chi connectivity index (χ3v) is 3.21. The van der Waals surface area contributed by atoms with Crippen LogP contribution >= 0.6 is 15.9 Å². The van der Waals surface area contributed by atoms with E-state index in [0.717, 1.165) is 17.0 Å². The van der Waals surface area contributed by atoms with Crippen molar-refractivity contribution < 1.29 is 23.5 Å². The Morgan fingerprint density at radius 2 is 1.94 bits per heavy atom. The van der Waals surface area contributed by atoms with Gasteiger partial charge in [-0.3, -0.25) is 9.59 Å². The van der Waals surface area contributed by atoms with Crippen LogP contribution < -0.4 is 4.90 Å². The third kappa shape index (κ3) is 2.10. The highest BCUT2D eigenvalue weighted by atomic mass is 79.9. The topological polar surface area (TPSA) is 57.6 Å². The molecule has 0 aromatic heterocycles. The van der Waals surface area contributed by atoms with Gasteiger partial charge in [-0.15, -0.1) is 0 Å². The van der Waals surface area contributed by atoms with Gasteiger partial charge < -0.3 is 10.0 Å². The number of hydrogen-bond donors (Lipinski definition) is 1. The molecule has 1 fully saturated rings. The molecule has 0 radical (unpaired) electrons. The van der Waals surface area contributed by atoms with Crippen molar-refractivity contribution >= 4 is 33.5 Å². The van der Waals surface area contributed by atoms with Crippen molar-refractivity contribution in [1.82, 2.24) is 0 Å². The first-order chi connectivity index (χ1) is 8.41. The average molecular weight is 320 g/mol. The maximum Gasteiger partial charge on any atom is 0.316 e. The first-order valence-electron chi connectivity index (χ1n) is 5.10. The molecule has 1 amide bonds. The minimum absolute atomic E-state index is 0.00866. The van der Waals surface area contributed by atoms with Crippen molar-refractivity contribution in [3.05, 3.63) is 28.2 Å². The minimum Gasteiger partial charge on any atom is -0.481 e. The van der Waals surface area contributed by atoms with Gasteiger partial charge in [-0.25, -0.2) is 8.78 Å². The highest BCUT2D eigenvalue weighted by Gasteiger charge is 2.39. The third-order valence-electron chi connectivity index (χ3n) is 2.76. The molecule has 0 aliphatic carbocycles. The molecular weight excluding hydrogens is 312 g/mol. The number of rotatable bonds is 2. The first-order valence-corrected chi connectivity index (χ1v) is 5.90. The van der Waals surface area contributed by atoms with Crippen molar-refractivity contribution in [3.63, 3.8) is 0 Å². The summed E-state index contributed by atoms with van der Waals surface area (Å²) in [7, 11) is 0. The molecule has 1 N–H and O–H groups in total. The zero-order valence-corrected chi connectivity index (χ0v) is 10.6. The fourth-order valence-corrected chi connectivity index (χ4v) is 2.33. The molecule has 1 heterocycles. The van der Waals surface area contributed by atoms with Crippen LogP contribution in [0.1, 0.15) is 6.42 Å². The summed E-state index contributed by atoms with van der Waals surface area (Å²) in [6.45, 7) is -0.00866. The largest absolute Gasteiger partial charge is 0.481 e. The molecule has 1 saturated heterocycles. The van der Waals surface area contributed by atoms with Crippen molar-refractivity contribution in [2.75, 3.05) is 11.4 Å². The van der Waals surface area contributed by atoms with Gasteiger partial charge in [0.2, 0.25) is 5.91 Å². The first kappa shape index (κ1) is 12.9. The lowest BCUT2D eigenvalue weighted by atomic mass is 10.1. The average Bonchev–Trinajstić information content (AvgIpc) is 2.59. The summed E-state index contributed by atoms with van der Waals surface area (Å²) in [5.74, 6) is -5.10. The maximum absolute atomic E-state index is 13.7. The molecule has 1 aliphatic rings. The molecule has 2 rings (SSSR count). The van der Waals surface area contributed by atoms with Gasteiger partial charge in [0.1, 0.15) is 11.6 Å². The number of carboxylic acid groups (broad SMARTS) is 1. The summed E-state index contributed by atoms with van der Waals surface area (Å²) in [6.07, 6.45) is 0.0448. The van der Waals surface area contributed by atoms with Crippen molar-refractivity contribution in [2.45, 2.75) is 6.42 Å². The number of halogens is 3. The number of carbonyl (C=O) groups is 2. The fraction of sp³-hybridized carbons (Fsp3) is 0.273. The number of nitrogens with zero attached hydrogens (tertiary/aromatic N) is 1. The summed E-state index contributed by atoms with van der Waals surface area (Å²) in [6, 6.07) is 2.06. The standard InChI is InChI=1S/C11H8BrF2NO3/c12-5-3-7(13)9(8(14)4-5)15-2-1-6(10(15)16)11(17)18/h3-4,6H,1-2H2,(H,17,18). The summed E-state index contributed by atoms with van der Waals surface area (Å²) in [4.78, 5) is 23.4. The lowest BCUT2D eigenvalue weighted by molar-refractivity contribution is -0.144. The SMILES string of the molecule is O=C(O)C1CCN(c2c(F)cc(Br)cc2F)C1=O. The van der Waals surface area contributed by atoms with Crippen LogP contribution in [-0.2, 0) is 9.59 Å². The molecule has 7 heteroatoms. The van der Waals surface area contributed by atoms with Gasteiger partial charge in [0.05, 0.1) is 0 Å². The number of anilines is 1. The summed E-state index contributed by atoms with van der Waals surface area (Å²) in [5.41, 5.74) is -0.494. The van der Waals surface area contributed by atoms with E-state index in [0.29, 0.717) is 0 Å². The summed E-state index contributed by atoms with van der Waals surface area (Å²) in [5, 5.41) is 8.79. The molecule has 4 nitrogen and oxygen atoms in total. The van der Waals surface area contributed by atoms with Gasteiger partial charge in [0.25, 0.3) is 0 Å². The Balaban J connectivity index is 2.40. The van der Waals surface area contributed by atoms with Gasteiger partial charge >= 0.3 is 5.97 Å². The minimum atomic E-state index is -1.28. The molecule has 1 atom stereocenters. The van der Waals surface area contributed by atoms with Crippen molar-refractivity contribution in [3.8, 4) is 0 Å². The zero-order chi connectivity index (χ0) is 13.4. The Morgan fingerprint density at radius 3 is 2.39 bits per heavy atom.